The number of nitrogens with zero attached hydrogens (tertiary/aromatic N) is 1. The lowest BCUT2D eigenvalue weighted by atomic mass is 9.96. The number of nitrogens with one attached hydrogen (secondary N) is 1. The van der Waals surface area contributed by atoms with E-state index in [2.05, 4.69) is 26.2 Å². The van der Waals surface area contributed by atoms with Crippen molar-refractivity contribution in [1.29, 1.82) is 0 Å². The van der Waals surface area contributed by atoms with Crippen molar-refractivity contribution in [2.24, 2.45) is 11.7 Å². The second-order valence-electron chi connectivity index (χ2n) is 4.50. The lowest BCUT2D eigenvalue weighted by molar-refractivity contribution is -0.121. The van der Waals surface area contributed by atoms with E-state index in [4.69, 9.17) is 17.3 Å². The number of hydrogen-bond acceptors (Lipinski definition) is 3. The second-order valence-corrected chi connectivity index (χ2v) is 5.78. The normalized spacial score (nSPS) is 18.6. The molecular weight excluding hydrogens is 305 g/mol. The molecule has 92 valence electrons. The van der Waals surface area contributed by atoms with Crippen molar-refractivity contribution in [1.82, 2.24) is 4.98 Å². The number of halogens is 2. The maximum atomic E-state index is 12.0. The molecule has 1 aliphatic carbocycles. The third-order valence-corrected chi connectivity index (χ3v) is 3.70. The number of amides is 1. The van der Waals surface area contributed by atoms with Crippen molar-refractivity contribution in [2.45, 2.75) is 25.3 Å². The van der Waals surface area contributed by atoms with Crippen molar-refractivity contribution >= 4 is 39.1 Å². The summed E-state index contributed by atoms with van der Waals surface area (Å²) in [6.45, 7) is 1.75. The van der Waals surface area contributed by atoms with E-state index in [1.165, 1.54) is 0 Å². The van der Waals surface area contributed by atoms with Gasteiger partial charge in [-0.25, -0.2) is 4.98 Å². The number of hydrogen-bond donors (Lipinski definition) is 2. The van der Waals surface area contributed by atoms with Crippen LogP contribution in [0.2, 0.25) is 5.15 Å². The SMILES string of the molecule is CC(N)(C(=O)Nc1cc(Br)cnc1Cl)C1CC1. The Hall–Kier alpha value is -0.650. The summed E-state index contributed by atoms with van der Waals surface area (Å²) < 4.78 is 0.752. The third-order valence-electron chi connectivity index (χ3n) is 2.97. The molecule has 4 nitrogen and oxygen atoms in total. The van der Waals surface area contributed by atoms with Crippen LogP contribution in [-0.2, 0) is 4.79 Å². The topological polar surface area (TPSA) is 68.0 Å². The van der Waals surface area contributed by atoms with Crippen molar-refractivity contribution in [3.8, 4) is 0 Å². The minimum Gasteiger partial charge on any atom is -0.322 e. The number of pyridine rings is 1. The zero-order valence-electron chi connectivity index (χ0n) is 9.34. The van der Waals surface area contributed by atoms with E-state index in [1.54, 1.807) is 19.2 Å². The monoisotopic (exact) mass is 317 g/mol. The highest BCUT2D eigenvalue weighted by molar-refractivity contribution is 9.10. The van der Waals surface area contributed by atoms with E-state index < -0.39 is 5.54 Å². The van der Waals surface area contributed by atoms with Crippen LogP contribution in [0.3, 0.4) is 0 Å². The van der Waals surface area contributed by atoms with Crippen LogP contribution < -0.4 is 11.1 Å². The molecule has 1 amide bonds. The fraction of sp³-hybridized carbons (Fsp3) is 0.455. The summed E-state index contributed by atoms with van der Waals surface area (Å²) in [5.74, 6) is 0.0446. The van der Waals surface area contributed by atoms with Gasteiger partial charge < -0.3 is 11.1 Å². The quantitative estimate of drug-likeness (QED) is 0.842. The van der Waals surface area contributed by atoms with E-state index in [9.17, 15) is 4.79 Å². The highest BCUT2D eigenvalue weighted by Crippen LogP contribution is 2.38. The Morgan fingerprint density at radius 3 is 2.94 bits per heavy atom. The number of carbonyl (C=O) groups is 1. The molecular formula is C11H13BrClN3O. The summed E-state index contributed by atoms with van der Waals surface area (Å²) in [5.41, 5.74) is 5.65. The van der Waals surface area contributed by atoms with E-state index in [0.717, 1.165) is 17.3 Å². The van der Waals surface area contributed by atoms with Gasteiger partial charge in [0.25, 0.3) is 0 Å². The van der Waals surface area contributed by atoms with Crippen molar-refractivity contribution in [2.75, 3.05) is 5.32 Å². The number of nitrogens with two attached hydrogens (primary N) is 1. The van der Waals surface area contributed by atoms with Gasteiger partial charge in [-0.1, -0.05) is 11.6 Å². The van der Waals surface area contributed by atoms with Gasteiger partial charge >= 0.3 is 0 Å². The van der Waals surface area contributed by atoms with Crippen LogP contribution >= 0.6 is 27.5 Å². The molecule has 1 fully saturated rings. The Kier molecular flexibility index (Phi) is 3.43. The molecule has 2 rings (SSSR count). The number of rotatable bonds is 3. The molecule has 0 bridgehead atoms. The smallest absolute Gasteiger partial charge is 0.244 e. The lowest BCUT2D eigenvalue weighted by Gasteiger charge is -2.23. The van der Waals surface area contributed by atoms with Gasteiger partial charge in [0.2, 0.25) is 5.91 Å². The maximum absolute atomic E-state index is 12.0. The molecule has 1 unspecified atom stereocenters. The molecule has 0 aromatic carbocycles. The Morgan fingerprint density at radius 1 is 1.71 bits per heavy atom. The molecule has 3 N–H and O–H groups in total. The van der Waals surface area contributed by atoms with Gasteiger partial charge in [-0.15, -0.1) is 0 Å². The lowest BCUT2D eigenvalue weighted by Crippen LogP contribution is -2.50. The van der Waals surface area contributed by atoms with Crippen LogP contribution in [0.1, 0.15) is 19.8 Å². The maximum Gasteiger partial charge on any atom is 0.244 e. The zero-order chi connectivity index (χ0) is 12.6. The van der Waals surface area contributed by atoms with Crippen molar-refractivity contribution in [3.63, 3.8) is 0 Å². The van der Waals surface area contributed by atoms with Crippen molar-refractivity contribution < 1.29 is 4.79 Å². The fourth-order valence-corrected chi connectivity index (χ4v) is 2.12. The molecule has 6 heteroatoms. The Morgan fingerprint density at radius 2 is 2.35 bits per heavy atom. The average molecular weight is 319 g/mol. The molecule has 1 saturated carbocycles. The van der Waals surface area contributed by atoms with Crippen LogP contribution in [0.15, 0.2) is 16.7 Å². The predicted octanol–water partition coefficient (Wildman–Crippen LogP) is 2.56. The van der Waals surface area contributed by atoms with Gasteiger partial charge in [0.05, 0.1) is 11.2 Å². The zero-order valence-corrected chi connectivity index (χ0v) is 11.7. The average Bonchev–Trinajstić information content (AvgIpc) is 3.07. The second kappa shape index (κ2) is 4.55. The van der Waals surface area contributed by atoms with Crippen LogP contribution in [-0.4, -0.2) is 16.4 Å². The summed E-state index contributed by atoms with van der Waals surface area (Å²) >= 11 is 9.17. The van der Waals surface area contributed by atoms with Gasteiger partial charge in [0.1, 0.15) is 0 Å². The summed E-state index contributed by atoms with van der Waals surface area (Å²) in [6.07, 6.45) is 3.58. The molecule has 1 aromatic heterocycles. The number of carbonyl (C=O) groups excluding carboxylic acids is 1. The highest BCUT2D eigenvalue weighted by Gasteiger charge is 2.44. The van der Waals surface area contributed by atoms with Crippen LogP contribution in [0.5, 0.6) is 0 Å². The van der Waals surface area contributed by atoms with E-state index >= 15 is 0 Å². The van der Waals surface area contributed by atoms with Gasteiger partial charge in [0, 0.05) is 10.7 Å². The standard InChI is InChI=1S/C11H13BrClN3O/c1-11(14,6-2-3-6)10(17)16-8-4-7(12)5-15-9(8)13/h4-6H,2-3,14H2,1H3,(H,16,17). The first-order valence-electron chi connectivity index (χ1n) is 5.32. The molecule has 1 aromatic rings. The Bertz CT molecular complexity index is 460. The molecule has 1 heterocycles. The molecule has 0 saturated heterocycles. The molecule has 1 aliphatic rings. The molecule has 0 aliphatic heterocycles. The first-order valence-corrected chi connectivity index (χ1v) is 6.49. The van der Waals surface area contributed by atoms with Gasteiger partial charge in [-0.2, -0.15) is 0 Å². The fourth-order valence-electron chi connectivity index (χ4n) is 1.64. The van der Waals surface area contributed by atoms with Crippen LogP contribution in [0, 0.1) is 5.92 Å². The third kappa shape index (κ3) is 2.78. The first kappa shape index (κ1) is 12.8. The van der Waals surface area contributed by atoms with E-state index in [-0.39, 0.29) is 17.0 Å². The molecule has 0 radical (unpaired) electrons. The van der Waals surface area contributed by atoms with E-state index in [1.807, 2.05) is 0 Å². The number of aromatic nitrogens is 1. The van der Waals surface area contributed by atoms with Crippen LogP contribution in [0.4, 0.5) is 5.69 Å². The van der Waals surface area contributed by atoms with Gasteiger partial charge in [-0.3, -0.25) is 4.79 Å². The van der Waals surface area contributed by atoms with E-state index in [0.29, 0.717) is 5.69 Å². The highest BCUT2D eigenvalue weighted by atomic mass is 79.9. The van der Waals surface area contributed by atoms with Crippen molar-refractivity contribution in [3.05, 3.63) is 21.9 Å². The summed E-state index contributed by atoms with van der Waals surface area (Å²) in [4.78, 5) is 16.0. The molecule has 17 heavy (non-hydrogen) atoms. The van der Waals surface area contributed by atoms with Crippen LogP contribution in [0.25, 0.3) is 0 Å². The summed E-state index contributed by atoms with van der Waals surface area (Å²) in [7, 11) is 0. The molecule has 0 spiro atoms. The number of anilines is 1. The Balaban J connectivity index is 2.15. The van der Waals surface area contributed by atoms with Gasteiger partial charge in [-0.05, 0) is 47.7 Å². The predicted molar refractivity (Wildman–Crippen MR) is 70.9 cm³/mol. The Labute approximate surface area is 113 Å². The minimum atomic E-state index is -0.842. The minimum absolute atomic E-state index is 0.221. The summed E-state index contributed by atoms with van der Waals surface area (Å²) in [5, 5.41) is 2.98. The summed E-state index contributed by atoms with van der Waals surface area (Å²) in [6, 6.07) is 1.70. The van der Waals surface area contributed by atoms with Gasteiger partial charge in [0.15, 0.2) is 5.15 Å². The molecule has 1 atom stereocenters. The first-order chi connectivity index (χ1) is 7.91. The largest absolute Gasteiger partial charge is 0.322 e.